The molecule has 0 fully saturated rings. The summed E-state index contributed by atoms with van der Waals surface area (Å²) >= 11 is 0. The lowest BCUT2D eigenvalue weighted by molar-refractivity contribution is 0.0790. The van der Waals surface area contributed by atoms with Crippen molar-refractivity contribution in [1.29, 1.82) is 0 Å². The Bertz CT molecular complexity index is 1050. The van der Waals surface area contributed by atoms with Gasteiger partial charge in [0.05, 0.1) is 11.1 Å². The molecule has 0 aliphatic rings. The van der Waals surface area contributed by atoms with Crippen LogP contribution >= 0.6 is 0 Å². The van der Waals surface area contributed by atoms with Gasteiger partial charge in [0.25, 0.3) is 0 Å². The molecule has 2 heterocycles. The van der Waals surface area contributed by atoms with E-state index >= 15 is 0 Å². The van der Waals surface area contributed by atoms with E-state index in [1.165, 1.54) is 0 Å². The summed E-state index contributed by atoms with van der Waals surface area (Å²) in [5.41, 5.74) is 2.89. The van der Waals surface area contributed by atoms with Crippen molar-refractivity contribution < 1.29 is 5.11 Å². The molecule has 24 heavy (non-hydrogen) atoms. The van der Waals surface area contributed by atoms with E-state index in [9.17, 15) is 5.11 Å². The average Bonchev–Trinajstić information content (AvgIpc) is 2.59. The fourth-order valence-electron chi connectivity index (χ4n) is 3.16. The van der Waals surface area contributed by atoms with Crippen LogP contribution in [-0.4, -0.2) is 15.1 Å². The first-order valence-electron chi connectivity index (χ1n) is 7.99. The molecule has 0 aliphatic carbocycles. The van der Waals surface area contributed by atoms with Crippen LogP contribution in [0.3, 0.4) is 0 Å². The number of hydrogen-bond donors (Lipinski definition) is 1. The van der Waals surface area contributed by atoms with Crippen molar-refractivity contribution >= 4 is 21.7 Å². The molecule has 118 valence electrons. The molecule has 0 saturated carbocycles. The minimum atomic E-state index is -0.973. The molecule has 2 aromatic heterocycles. The van der Waals surface area contributed by atoms with Crippen LogP contribution in [0, 0.1) is 0 Å². The fraction of sp³-hybridized carbons (Fsp3) is 0.143. The highest BCUT2D eigenvalue weighted by Gasteiger charge is 2.23. The maximum Gasteiger partial charge on any atom is 0.0861 e. The largest absolute Gasteiger partial charge is 0.386 e. The summed E-state index contributed by atoms with van der Waals surface area (Å²) < 4.78 is 0. The second-order valence-electron chi connectivity index (χ2n) is 6.56. The predicted molar refractivity (Wildman–Crippen MR) is 97.7 cm³/mol. The summed E-state index contributed by atoms with van der Waals surface area (Å²) in [6, 6.07) is 16.4. The van der Waals surface area contributed by atoms with E-state index < -0.39 is 5.60 Å². The second kappa shape index (κ2) is 5.39. The molecule has 1 N–H and O–H groups in total. The fourth-order valence-corrected chi connectivity index (χ4v) is 3.16. The first-order valence-corrected chi connectivity index (χ1v) is 7.99. The Hall–Kier alpha value is -2.78. The van der Waals surface area contributed by atoms with E-state index in [-0.39, 0.29) is 0 Å². The summed E-state index contributed by atoms with van der Waals surface area (Å²) in [7, 11) is 0. The molecule has 3 heteroatoms. The Morgan fingerprint density at radius 1 is 0.917 bits per heavy atom. The lowest BCUT2D eigenvalue weighted by Crippen LogP contribution is -2.17. The molecule has 2 aromatic carbocycles. The van der Waals surface area contributed by atoms with Gasteiger partial charge < -0.3 is 5.11 Å². The smallest absolute Gasteiger partial charge is 0.0861 e. The zero-order valence-electron chi connectivity index (χ0n) is 13.7. The normalized spacial score (nSPS) is 12.0. The molecule has 4 aromatic rings. The van der Waals surface area contributed by atoms with Crippen molar-refractivity contribution in [3.8, 4) is 11.1 Å². The number of benzene rings is 2. The molecule has 0 aliphatic heterocycles. The number of rotatable bonds is 2. The van der Waals surface area contributed by atoms with E-state index in [1.54, 1.807) is 26.2 Å². The number of aromatic nitrogens is 2. The lowest BCUT2D eigenvalue weighted by Gasteiger charge is -2.23. The predicted octanol–water partition coefficient (Wildman–Crippen LogP) is 4.68. The molecular formula is C21H18N2O. The number of para-hydroxylation sites is 1. The SMILES string of the molecule is CC(C)(O)c1cnc2ccccc2c1-c1ccc2cnccc2c1. The van der Waals surface area contributed by atoms with Gasteiger partial charge in [0.1, 0.15) is 0 Å². The van der Waals surface area contributed by atoms with Crippen molar-refractivity contribution in [2.24, 2.45) is 0 Å². The van der Waals surface area contributed by atoms with Crippen molar-refractivity contribution in [2.45, 2.75) is 19.4 Å². The quantitative estimate of drug-likeness (QED) is 0.584. The summed E-state index contributed by atoms with van der Waals surface area (Å²) in [6.45, 7) is 3.60. The molecule has 0 atom stereocenters. The van der Waals surface area contributed by atoms with Crippen LogP contribution in [0.15, 0.2) is 67.1 Å². The monoisotopic (exact) mass is 314 g/mol. The molecule has 0 amide bonds. The molecule has 3 nitrogen and oxygen atoms in total. The van der Waals surface area contributed by atoms with E-state index in [4.69, 9.17) is 0 Å². The van der Waals surface area contributed by atoms with Gasteiger partial charge in [0.15, 0.2) is 0 Å². The van der Waals surface area contributed by atoms with Crippen LogP contribution in [0.5, 0.6) is 0 Å². The van der Waals surface area contributed by atoms with E-state index in [1.807, 2.05) is 30.5 Å². The van der Waals surface area contributed by atoms with Crippen molar-refractivity contribution in [1.82, 2.24) is 9.97 Å². The number of fused-ring (bicyclic) bond motifs is 2. The lowest BCUT2D eigenvalue weighted by atomic mass is 9.88. The summed E-state index contributed by atoms with van der Waals surface area (Å²) in [5.74, 6) is 0. The highest BCUT2D eigenvalue weighted by Crippen LogP contribution is 2.37. The number of hydrogen-bond acceptors (Lipinski definition) is 3. The van der Waals surface area contributed by atoms with Crippen LogP contribution in [0.4, 0.5) is 0 Å². The summed E-state index contributed by atoms with van der Waals surface area (Å²) in [4.78, 5) is 8.70. The Labute approximate surface area is 140 Å². The van der Waals surface area contributed by atoms with Crippen molar-refractivity contribution in [3.05, 3.63) is 72.7 Å². The first kappa shape index (κ1) is 14.8. The van der Waals surface area contributed by atoms with Crippen LogP contribution in [0.25, 0.3) is 32.8 Å². The van der Waals surface area contributed by atoms with Gasteiger partial charge in [-0.15, -0.1) is 0 Å². The molecule has 0 bridgehead atoms. The van der Waals surface area contributed by atoms with Crippen LogP contribution in [-0.2, 0) is 5.60 Å². The van der Waals surface area contributed by atoms with Gasteiger partial charge in [-0.1, -0.05) is 30.3 Å². The van der Waals surface area contributed by atoms with Gasteiger partial charge in [-0.3, -0.25) is 9.97 Å². The van der Waals surface area contributed by atoms with E-state index in [0.29, 0.717) is 0 Å². The van der Waals surface area contributed by atoms with E-state index in [0.717, 1.165) is 38.4 Å². The maximum atomic E-state index is 10.7. The van der Waals surface area contributed by atoms with Crippen molar-refractivity contribution in [2.75, 3.05) is 0 Å². The Balaban J connectivity index is 2.09. The third-order valence-corrected chi connectivity index (χ3v) is 4.36. The van der Waals surface area contributed by atoms with E-state index in [2.05, 4.69) is 34.2 Å². The third-order valence-electron chi connectivity index (χ3n) is 4.36. The highest BCUT2D eigenvalue weighted by atomic mass is 16.3. The first-order chi connectivity index (χ1) is 11.5. The van der Waals surface area contributed by atoms with Gasteiger partial charge in [0, 0.05) is 34.9 Å². The van der Waals surface area contributed by atoms with Gasteiger partial charge in [0.2, 0.25) is 0 Å². The number of pyridine rings is 2. The molecule has 0 unspecified atom stereocenters. The summed E-state index contributed by atoms with van der Waals surface area (Å²) in [5, 5.41) is 13.9. The van der Waals surface area contributed by atoms with Crippen LogP contribution in [0.2, 0.25) is 0 Å². The molecule has 0 spiro atoms. The third kappa shape index (κ3) is 2.43. The standard InChI is InChI=1S/C21H18N2O/c1-21(2,24)18-13-23-19-6-4-3-5-17(19)20(18)15-7-8-16-12-22-10-9-14(16)11-15/h3-13,24H,1-2H3. The Morgan fingerprint density at radius 3 is 2.58 bits per heavy atom. The van der Waals surface area contributed by atoms with Gasteiger partial charge >= 0.3 is 0 Å². The molecular weight excluding hydrogens is 296 g/mol. The summed E-state index contributed by atoms with van der Waals surface area (Å²) in [6.07, 6.45) is 5.45. The highest BCUT2D eigenvalue weighted by molar-refractivity contribution is 5.98. The zero-order valence-corrected chi connectivity index (χ0v) is 13.7. The number of aliphatic hydroxyl groups is 1. The molecule has 4 rings (SSSR count). The minimum absolute atomic E-state index is 0.828. The van der Waals surface area contributed by atoms with Gasteiger partial charge in [-0.25, -0.2) is 0 Å². The van der Waals surface area contributed by atoms with Crippen LogP contribution < -0.4 is 0 Å². The second-order valence-corrected chi connectivity index (χ2v) is 6.56. The number of nitrogens with zero attached hydrogens (tertiary/aromatic N) is 2. The molecule has 0 radical (unpaired) electrons. The Morgan fingerprint density at radius 2 is 1.75 bits per heavy atom. The van der Waals surface area contributed by atoms with Gasteiger partial charge in [-0.2, -0.15) is 0 Å². The van der Waals surface area contributed by atoms with Gasteiger partial charge in [-0.05, 0) is 48.6 Å². The topological polar surface area (TPSA) is 46.0 Å². The Kier molecular flexibility index (Phi) is 3.32. The zero-order chi connectivity index (χ0) is 16.7. The molecule has 0 saturated heterocycles. The minimum Gasteiger partial charge on any atom is -0.386 e. The maximum absolute atomic E-state index is 10.7. The van der Waals surface area contributed by atoms with Crippen molar-refractivity contribution in [3.63, 3.8) is 0 Å². The van der Waals surface area contributed by atoms with Crippen LogP contribution in [0.1, 0.15) is 19.4 Å². The average molecular weight is 314 g/mol.